The average molecular weight is 502 g/mol. The van der Waals surface area contributed by atoms with Gasteiger partial charge in [-0.2, -0.15) is 0 Å². The Bertz CT molecular complexity index is 1160. The van der Waals surface area contributed by atoms with Gasteiger partial charge in [0.15, 0.2) is 15.0 Å². The summed E-state index contributed by atoms with van der Waals surface area (Å²) in [4.78, 5) is 22.0. The molecule has 0 aliphatic rings. The van der Waals surface area contributed by atoms with Crippen LogP contribution in [0.2, 0.25) is 5.02 Å². The van der Waals surface area contributed by atoms with Gasteiger partial charge in [0.2, 0.25) is 0 Å². The number of sulfone groups is 1. The van der Waals surface area contributed by atoms with Gasteiger partial charge in [0.05, 0.1) is 15.1 Å². The monoisotopic (exact) mass is 501 g/mol. The molecule has 3 aromatic rings. The van der Waals surface area contributed by atoms with Gasteiger partial charge in [-0.25, -0.2) is 13.4 Å². The predicted molar refractivity (Wildman–Crippen MR) is 131 cm³/mol. The molecule has 31 heavy (non-hydrogen) atoms. The lowest BCUT2D eigenvalue weighted by Gasteiger charge is -2.24. The normalized spacial score (nSPS) is 11.5. The van der Waals surface area contributed by atoms with Crippen LogP contribution in [-0.4, -0.2) is 56.6 Å². The molecule has 0 aliphatic heterocycles. The fraction of sp³-hybridized carbons (Fsp3) is 0.333. The van der Waals surface area contributed by atoms with Gasteiger partial charge in [-0.1, -0.05) is 42.9 Å². The van der Waals surface area contributed by atoms with Crippen LogP contribution in [0.3, 0.4) is 0 Å². The number of benzene rings is 2. The highest BCUT2D eigenvalue weighted by atomic mass is 35.5. The van der Waals surface area contributed by atoms with Crippen LogP contribution in [0.1, 0.15) is 24.2 Å². The van der Waals surface area contributed by atoms with Crippen LogP contribution < -0.4 is 4.90 Å². The topological polar surface area (TPSA) is 70.6 Å². The van der Waals surface area contributed by atoms with Crippen molar-refractivity contribution in [1.29, 1.82) is 0 Å². The van der Waals surface area contributed by atoms with Crippen molar-refractivity contribution in [2.24, 2.45) is 0 Å². The largest absolute Gasteiger partial charge is 0.302 e. The van der Waals surface area contributed by atoms with Crippen molar-refractivity contribution < 1.29 is 13.2 Å². The van der Waals surface area contributed by atoms with Crippen molar-refractivity contribution >= 4 is 66.4 Å². The SMILES string of the molecule is CCN(CC)CCN(C(=O)c1cccc(S(C)(=O)=O)c1)c1nc2ccc(Cl)cc2s1.Cl. The number of amides is 1. The zero-order valence-corrected chi connectivity index (χ0v) is 20.7. The van der Waals surface area contributed by atoms with Crippen molar-refractivity contribution in [3.05, 3.63) is 53.1 Å². The van der Waals surface area contributed by atoms with E-state index in [1.807, 2.05) is 12.1 Å². The summed E-state index contributed by atoms with van der Waals surface area (Å²) in [5.41, 5.74) is 1.08. The number of carbonyl (C=O) groups excluding carboxylic acids is 1. The molecular formula is C21H25Cl2N3O3S2. The minimum absolute atomic E-state index is 0. The summed E-state index contributed by atoms with van der Waals surface area (Å²) in [6.07, 6.45) is 1.13. The molecular weight excluding hydrogens is 477 g/mol. The van der Waals surface area contributed by atoms with Crippen LogP contribution in [-0.2, 0) is 9.84 Å². The number of nitrogens with zero attached hydrogens (tertiary/aromatic N) is 3. The number of rotatable bonds is 8. The van der Waals surface area contributed by atoms with Crippen molar-refractivity contribution in [3.8, 4) is 0 Å². The Balaban J connectivity index is 0.00000341. The maximum atomic E-state index is 13.4. The van der Waals surface area contributed by atoms with Crippen LogP contribution in [0.4, 0.5) is 5.13 Å². The van der Waals surface area contributed by atoms with Crippen LogP contribution in [0.15, 0.2) is 47.4 Å². The number of anilines is 1. The van der Waals surface area contributed by atoms with Gasteiger partial charge in [-0.05, 0) is 49.5 Å². The molecule has 2 aromatic carbocycles. The molecule has 0 spiro atoms. The summed E-state index contributed by atoms with van der Waals surface area (Å²) < 4.78 is 24.8. The number of hydrogen-bond acceptors (Lipinski definition) is 6. The third-order valence-corrected chi connectivity index (χ3v) is 7.25. The third-order valence-electron chi connectivity index (χ3n) is 4.86. The van der Waals surface area contributed by atoms with Crippen molar-refractivity contribution in [2.75, 3.05) is 37.3 Å². The number of thiazole rings is 1. The lowest BCUT2D eigenvalue weighted by atomic mass is 10.2. The fourth-order valence-corrected chi connectivity index (χ4v) is 5.02. The van der Waals surface area contributed by atoms with E-state index in [-0.39, 0.29) is 23.2 Å². The summed E-state index contributed by atoms with van der Waals surface area (Å²) in [6.45, 7) is 7.02. The number of hydrogen-bond donors (Lipinski definition) is 0. The second kappa shape index (κ2) is 10.7. The van der Waals surface area contributed by atoms with E-state index in [0.29, 0.717) is 28.8 Å². The van der Waals surface area contributed by atoms with E-state index in [2.05, 4.69) is 23.7 Å². The first-order valence-corrected chi connectivity index (χ1v) is 12.7. The van der Waals surface area contributed by atoms with Crippen molar-refractivity contribution in [3.63, 3.8) is 0 Å². The van der Waals surface area contributed by atoms with Gasteiger partial charge >= 0.3 is 0 Å². The Morgan fingerprint density at radius 1 is 1.10 bits per heavy atom. The molecule has 0 saturated heterocycles. The molecule has 0 aliphatic carbocycles. The van der Waals surface area contributed by atoms with Crippen LogP contribution in [0, 0.1) is 0 Å². The third kappa shape index (κ3) is 6.17. The number of halogens is 2. The molecule has 10 heteroatoms. The molecule has 1 heterocycles. The van der Waals surface area contributed by atoms with E-state index in [1.54, 1.807) is 23.1 Å². The number of aromatic nitrogens is 1. The van der Waals surface area contributed by atoms with E-state index in [1.165, 1.54) is 23.5 Å². The highest BCUT2D eigenvalue weighted by Crippen LogP contribution is 2.31. The fourth-order valence-electron chi connectivity index (χ4n) is 3.08. The Morgan fingerprint density at radius 2 is 1.81 bits per heavy atom. The second-order valence-corrected chi connectivity index (χ2v) is 10.4. The summed E-state index contributed by atoms with van der Waals surface area (Å²) in [5.74, 6) is -0.280. The van der Waals surface area contributed by atoms with Gasteiger partial charge < -0.3 is 4.90 Å². The molecule has 0 saturated carbocycles. The molecule has 0 radical (unpaired) electrons. The Hall–Kier alpha value is -1.71. The van der Waals surface area contributed by atoms with Crippen molar-refractivity contribution in [2.45, 2.75) is 18.7 Å². The molecule has 0 N–H and O–H groups in total. The van der Waals surface area contributed by atoms with Gasteiger partial charge in [0.1, 0.15) is 0 Å². The first-order valence-electron chi connectivity index (χ1n) is 9.63. The number of likely N-dealkylation sites (N-methyl/N-ethyl adjacent to an activating group) is 1. The Kier molecular flexibility index (Phi) is 8.85. The highest BCUT2D eigenvalue weighted by molar-refractivity contribution is 7.90. The summed E-state index contributed by atoms with van der Waals surface area (Å²) >= 11 is 7.49. The van der Waals surface area contributed by atoms with E-state index in [0.717, 1.165) is 29.6 Å². The van der Waals surface area contributed by atoms with Gasteiger partial charge in [-0.15, -0.1) is 12.4 Å². The lowest BCUT2D eigenvalue weighted by Crippen LogP contribution is -2.38. The molecule has 1 amide bonds. The molecule has 3 rings (SSSR count). The van der Waals surface area contributed by atoms with Crippen molar-refractivity contribution in [1.82, 2.24) is 9.88 Å². The minimum Gasteiger partial charge on any atom is -0.302 e. The zero-order valence-electron chi connectivity index (χ0n) is 17.5. The van der Waals surface area contributed by atoms with Gasteiger partial charge in [-0.3, -0.25) is 9.69 Å². The van der Waals surface area contributed by atoms with Gasteiger partial charge in [0.25, 0.3) is 5.91 Å². The molecule has 0 atom stereocenters. The van der Waals surface area contributed by atoms with E-state index in [4.69, 9.17) is 11.6 Å². The van der Waals surface area contributed by atoms with E-state index in [9.17, 15) is 13.2 Å². The molecule has 6 nitrogen and oxygen atoms in total. The molecule has 168 valence electrons. The van der Waals surface area contributed by atoms with E-state index >= 15 is 0 Å². The lowest BCUT2D eigenvalue weighted by molar-refractivity contribution is 0.0983. The summed E-state index contributed by atoms with van der Waals surface area (Å²) in [6, 6.07) is 11.6. The minimum atomic E-state index is -3.41. The first-order chi connectivity index (χ1) is 14.2. The maximum absolute atomic E-state index is 13.4. The molecule has 0 bridgehead atoms. The van der Waals surface area contributed by atoms with Crippen LogP contribution in [0.5, 0.6) is 0 Å². The summed E-state index contributed by atoms with van der Waals surface area (Å²) in [7, 11) is -3.41. The van der Waals surface area contributed by atoms with Crippen LogP contribution >= 0.6 is 35.3 Å². The Morgan fingerprint density at radius 3 is 2.45 bits per heavy atom. The average Bonchev–Trinajstić information content (AvgIpc) is 3.13. The second-order valence-electron chi connectivity index (χ2n) is 6.89. The smallest absolute Gasteiger partial charge is 0.260 e. The zero-order chi connectivity index (χ0) is 21.9. The quantitative estimate of drug-likeness (QED) is 0.444. The first kappa shape index (κ1) is 25.5. The van der Waals surface area contributed by atoms with E-state index < -0.39 is 9.84 Å². The predicted octanol–water partition coefficient (Wildman–Crippen LogP) is 4.76. The summed E-state index contributed by atoms with van der Waals surface area (Å²) in [5, 5.41) is 1.17. The molecule has 0 unspecified atom stereocenters. The highest BCUT2D eigenvalue weighted by Gasteiger charge is 2.23. The Labute approximate surface area is 198 Å². The molecule has 0 fully saturated rings. The number of carbonyl (C=O) groups is 1. The van der Waals surface area contributed by atoms with Gasteiger partial charge in [0, 0.05) is 29.9 Å². The van der Waals surface area contributed by atoms with Crippen LogP contribution in [0.25, 0.3) is 10.2 Å². The standard InChI is InChI=1S/C21H24ClN3O3S2.ClH/c1-4-24(5-2)11-12-25(21-23-18-10-9-16(22)14-19(18)29-21)20(26)15-7-6-8-17(13-15)30(3,27)28;/h6-10,13-14H,4-5,11-12H2,1-3H3;1H. The maximum Gasteiger partial charge on any atom is 0.260 e. The molecule has 1 aromatic heterocycles. The number of fused-ring (bicyclic) bond motifs is 1.